The van der Waals surface area contributed by atoms with Gasteiger partial charge in [-0.05, 0) is 30.3 Å². The summed E-state index contributed by atoms with van der Waals surface area (Å²) < 4.78 is 10.2. The van der Waals surface area contributed by atoms with Gasteiger partial charge in [-0.3, -0.25) is 14.5 Å². The van der Waals surface area contributed by atoms with Crippen molar-refractivity contribution >= 4 is 23.2 Å². The standard InChI is InChI=1S/C19H22N4O4/c1-26-18-7-2-14(12-20-18)19(25)22-16-5-3-15(4-6-16)21-17(24)13-23-8-10-27-11-9-23/h2-7,12H,8-11,13H2,1H3,(H,21,24)(H,22,25). The quantitative estimate of drug-likeness (QED) is 0.803. The number of nitrogens with zero attached hydrogens (tertiary/aromatic N) is 2. The molecule has 3 rings (SSSR count). The van der Waals surface area contributed by atoms with Gasteiger partial charge in [-0.2, -0.15) is 0 Å². The first-order valence-corrected chi connectivity index (χ1v) is 8.65. The van der Waals surface area contributed by atoms with Gasteiger partial charge >= 0.3 is 0 Å². The van der Waals surface area contributed by atoms with E-state index in [9.17, 15) is 9.59 Å². The van der Waals surface area contributed by atoms with Crippen molar-refractivity contribution in [1.82, 2.24) is 9.88 Å². The van der Waals surface area contributed by atoms with E-state index in [1.165, 1.54) is 13.3 Å². The van der Waals surface area contributed by atoms with E-state index in [-0.39, 0.29) is 11.8 Å². The van der Waals surface area contributed by atoms with Crippen LogP contribution in [0.3, 0.4) is 0 Å². The molecule has 1 aliphatic rings. The lowest BCUT2D eigenvalue weighted by molar-refractivity contribution is -0.118. The number of hydrogen-bond acceptors (Lipinski definition) is 6. The van der Waals surface area contributed by atoms with Crippen LogP contribution in [0.15, 0.2) is 42.6 Å². The number of morpholine rings is 1. The number of benzene rings is 1. The van der Waals surface area contributed by atoms with Crippen LogP contribution in [0.2, 0.25) is 0 Å². The maximum Gasteiger partial charge on any atom is 0.257 e. The maximum absolute atomic E-state index is 12.2. The molecule has 0 spiro atoms. The monoisotopic (exact) mass is 370 g/mol. The Labute approximate surface area is 157 Å². The zero-order chi connectivity index (χ0) is 19.1. The molecule has 1 aromatic heterocycles. The Balaban J connectivity index is 1.51. The molecule has 2 N–H and O–H groups in total. The average molecular weight is 370 g/mol. The van der Waals surface area contributed by atoms with Gasteiger partial charge in [-0.1, -0.05) is 0 Å². The number of rotatable bonds is 6. The normalized spacial score (nSPS) is 14.4. The minimum atomic E-state index is -0.269. The molecule has 2 amide bonds. The predicted octanol–water partition coefficient (Wildman–Crippen LogP) is 1.61. The van der Waals surface area contributed by atoms with Crippen molar-refractivity contribution in [3.05, 3.63) is 48.2 Å². The highest BCUT2D eigenvalue weighted by atomic mass is 16.5. The number of carbonyl (C=O) groups excluding carboxylic acids is 2. The number of amides is 2. The fourth-order valence-electron chi connectivity index (χ4n) is 2.64. The lowest BCUT2D eigenvalue weighted by atomic mass is 10.2. The van der Waals surface area contributed by atoms with Gasteiger partial charge in [-0.15, -0.1) is 0 Å². The van der Waals surface area contributed by atoms with Gasteiger partial charge in [0.1, 0.15) is 0 Å². The fraction of sp³-hybridized carbons (Fsp3) is 0.316. The molecular weight excluding hydrogens is 348 g/mol. The molecule has 0 radical (unpaired) electrons. The summed E-state index contributed by atoms with van der Waals surface area (Å²) in [6.45, 7) is 3.18. The number of aromatic nitrogens is 1. The van der Waals surface area contributed by atoms with Crippen LogP contribution in [0, 0.1) is 0 Å². The van der Waals surface area contributed by atoms with Crippen molar-refractivity contribution in [1.29, 1.82) is 0 Å². The van der Waals surface area contributed by atoms with Gasteiger partial charge < -0.3 is 20.1 Å². The molecule has 0 aliphatic carbocycles. The summed E-state index contributed by atoms with van der Waals surface area (Å²) in [5, 5.41) is 5.64. The fourth-order valence-corrected chi connectivity index (χ4v) is 2.64. The van der Waals surface area contributed by atoms with E-state index in [1.54, 1.807) is 36.4 Å². The summed E-state index contributed by atoms with van der Waals surface area (Å²) in [7, 11) is 1.52. The van der Waals surface area contributed by atoms with Crippen LogP contribution in [0.25, 0.3) is 0 Å². The Morgan fingerprint density at radius 1 is 1.07 bits per heavy atom. The summed E-state index contributed by atoms with van der Waals surface area (Å²) in [5.41, 5.74) is 1.73. The predicted molar refractivity (Wildman–Crippen MR) is 101 cm³/mol. The van der Waals surface area contributed by atoms with Crippen LogP contribution in [0.1, 0.15) is 10.4 Å². The number of hydrogen-bond donors (Lipinski definition) is 2. The van der Waals surface area contributed by atoms with Crippen molar-refractivity contribution in [2.24, 2.45) is 0 Å². The first-order chi connectivity index (χ1) is 13.1. The van der Waals surface area contributed by atoms with Gasteiger partial charge in [0.15, 0.2) is 0 Å². The highest BCUT2D eigenvalue weighted by molar-refractivity contribution is 6.04. The lowest BCUT2D eigenvalue weighted by Gasteiger charge is -2.25. The van der Waals surface area contributed by atoms with Gasteiger partial charge in [0, 0.05) is 36.7 Å². The third-order valence-corrected chi connectivity index (χ3v) is 4.11. The largest absolute Gasteiger partial charge is 0.481 e. The molecule has 1 aromatic carbocycles. The number of pyridine rings is 1. The van der Waals surface area contributed by atoms with Crippen LogP contribution in [-0.2, 0) is 9.53 Å². The van der Waals surface area contributed by atoms with E-state index in [4.69, 9.17) is 9.47 Å². The highest BCUT2D eigenvalue weighted by Crippen LogP contribution is 2.15. The van der Waals surface area contributed by atoms with E-state index in [2.05, 4.69) is 20.5 Å². The Kier molecular flexibility index (Phi) is 6.35. The molecule has 1 fully saturated rings. The summed E-state index contributed by atoms with van der Waals surface area (Å²) >= 11 is 0. The van der Waals surface area contributed by atoms with E-state index in [0.29, 0.717) is 42.6 Å². The highest BCUT2D eigenvalue weighted by Gasteiger charge is 2.14. The number of carbonyl (C=O) groups is 2. The third-order valence-electron chi connectivity index (χ3n) is 4.11. The van der Waals surface area contributed by atoms with E-state index >= 15 is 0 Å². The topological polar surface area (TPSA) is 92.8 Å². The van der Waals surface area contributed by atoms with Gasteiger partial charge in [-0.25, -0.2) is 4.98 Å². The third kappa shape index (κ3) is 5.50. The number of nitrogens with one attached hydrogen (secondary N) is 2. The minimum absolute atomic E-state index is 0.0713. The molecule has 2 aromatic rings. The van der Waals surface area contributed by atoms with Crippen LogP contribution >= 0.6 is 0 Å². The molecule has 142 valence electrons. The molecule has 1 saturated heterocycles. The van der Waals surface area contributed by atoms with Gasteiger partial charge in [0.05, 0.1) is 32.4 Å². The molecule has 1 aliphatic heterocycles. The average Bonchev–Trinajstić information content (AvgIpc) is 2.70. The van der Waals surface area contributed by atoms with Crippen molar-refractivity contribution < 1.29 is 19.1 Å². The molecule has 8 nitrogen and oxygen atoms in total. The summed E-state index contributed by atoms with van der Waals surface area (Å²) in [4.78, 5) is 30.4. The maximum atomic E-state index is 12.2. The SMILES string of the molecule is COc1ccc(C(=O)Nc2ccc(NC(=O)CN3CCOCC3)cc2)cn1. The molecule has 2 heterocycles. The van der Waals surface area contributed by atoms with E-state index < -0.39 is 0 Å². The second-order valence-electron chi connectivity index (χ2n) is 6.06. The van der Waals surface area contributed by atoms with Gasteiger partial charge in [0.25, 0.3) is 5.91 Å². The molecule has 0 saturated carbocycles. The van der Waals surface area contributed by atoms with Crippen LogP contribution in [-0.4, -0.2) is 61.7 Å². The van der Waals surface area contributed by atoms with Gasteiger partial charge in [0.2, 0.25) is 11.8 Å². The van der Waals surface area contributed by atoms with Crippen molar-refractivity contribution in [3.8, 4) is 5.88 Å². The molecule has 8 heteroatoms. The smallest absolute Gasteiger partial charge is 0.257 e. The van der Waals surface area contributed by atoms with E-state index in [1.807, 2.05) is 0 Å². The van der Waals surface area contributed by atoms with Crippen LogP contribution < -0.4 is 15.4 Å². The zero-order valence-electron chi connectivity index (χ0n) is 15.1. The second-order valence-corrected chi connectivity index (χ2v) is 6.06. The van der Waals surface area contributed by atoms with Crippen molar-refractivity contribution in [2.45, 2.75) is 0 Å². The second kappa shape index (κ2) is 9.11. The number of ether oxygens (including phenoxy) is 2. The first-order valence-electron chi connectivity index (χ1n) is 8.65. The summed E-state index contributed by atoms with van der Waals surface area (Å²) in [6, 6.07) is 10.2. The Morgan fingerprint density at radius 2 is 1.74 bits per heavy atom. The summed E-state index contributed by atoms with van der Waals surface area (Å²) in [5.74, 6) is 0.107. The molecule has 0 atom stereocenters. The summed E-state index contributed by atoms with van der Waals surface area (Å²) in [6.07, 6.45) is 1.45. The Bertz CT molecular complexity index is 771. The molecule has 0 unspecified atom stereocenters. The van der Waals surface area contributed by atoms with Crippen molar-refractivity contribution in [2.75, 3.05) is 50.6 Å². The molecular formula is C19H22N4O4. The van der Waals surface area contributed by atoms with E-state index in [0.717, 1.165) is 13.1 Å². The van der Waals surface area contributed by atoms with Crippen molar-refractivity contribution in [3.63, 3.8) is 0 Å². The molecule has 27 heavy (non-hydrogen) atoms. The first kappa shape index (κ1) is 18.8. The Hall–Kier alpha value is -2.97. The number of methoxy groups -OCH3 is 1. The number of anilines is 2. The Morgan fingerprint density at radius 3 is 2.33 bits per heavy atom. The lowest BCUT2D eigenvalue weighted by Crippen LogP contribution is -2.41. The molecule has 0 bridgehead atoms. The zero-order valence-corrected chi connectivity index (χ0v) is 15.1. The minimum Gasteiger partial charge on any atom is -0.481 e. The van der Waals surface area contributed by atoms with Crippen LogP contribution in [0.5, 0.6) is 5.88 Å². The van der Waals surface area contributed by atoms with Crippen LogP contribution in [0.4, 0.5) is 11.4 Å².